The second-order valence-corrected chi connectivity index (χ2v) is 12.7. The molecule has 13 unspecified atom stereocenters. The number of aliphatic hydroxyl groups excluding tert-OH is 7. The number of ether oxygens (including phenoxy) is 9. The minimum Gasteiger partial charge on any atom is -0.493 e. The van der Waals surface area contributed by atoms with Crippen LogP contribution in [0.2, 0.25) is 0 Å². The number of methoxy groups -OCH3 is 4. The van der Waals surface area contributed by atoms with Gasteiger partial charge < -0.3 is 78.4 Å². The van der Waals surface area contributed by atoms with Gasteiger partial charge in [-0.05, 0) is 61.6 Å². The van der Waals surface area contributed by atoms with Gasteiger partial charge in [0, 0.05) is 12.5 Å². The quantitative estimate of drug-likeness (QED) is 0.150. The number of hydrogen-bond acceptors (Lipinski definition) is 16. The van der Waals surface area contributed by atoms with Crippen LogP contribution in [0.3, 0.4) is 0 Å². The Balaban J connectivity index is 1.36. The van der Waals surface area contributed by atoms with Gasteiger partial charge in [-0.3, -0.25) is 0 Å². The SMILES string of the molecule is COc1cc(CC2COC(c3cc(OC)c(OC4OC(C)C(O)C(O)C4O)c(OC)c3)C2CO)cc(OC)c1OC1OC(C)C(O)C(O)C1O. The third-order valence-electron chi connectivity index (χ3n) is 9.61. The van der Waals surface area contributed by atoms with Crippen LogP contribution in [0.4, 0.5) is 0 Å². The Morgan fingerprint density at radius 2 is 1.04 bits per heavy atom. The average molecular weight is 713 g/mol. The van der Waals surface area contributed by atoms with Crippen molar-refractivity contribution in [1.82, 2.24) is 0 Å². The summed E-state index contributed by atoms with van der Waals surface area (Å²) in [4.78, 5) is 0. The molecule has 50 heavy (non-hydrogen) atoms. The molecule has 3 saturated heterocycles. The van der Waals surface area contributed by atoms with Crippen molar-refractivity contribution in [3.63, 3.8) is 0 Å². The van der Waals surface area contributed by atoms with Gasteiger partial charge in [0.2, 0.25) is 24.1 Å². The molecule has 3 aliphatic heterocycles. The van der Waals surface area contributed by atoms with Crippen LogP contribution in [0.5, 0.6) is 34.5 Å². The van der Waals surface area contributed by atoms with Gasteiger partial charge >= 0.3 is 0 Å². The van der Waals surface area contributed by atoms with Crippen LogP contribution >= 0.6 is 0 Å². The lowest BCUT2D eigenvalue weighted by Crippen LogP contribution is -2.58. The molecule has 5 rings (SSSR count). The van der Waals surface area contributed by atoms with E-state index in [1.54, 1.807) is 38.1 Å². The van der Waals surface area contributed by atoms with Gasteiger partial charge in [-0.15, -0.1) is 0 Å². The van der Waals surface area contributed by atoms with Crippen LogP contribution in [0, 0.1) is 11.8 Å². The van der Waals surface area contributed by atoms with Crippen molar-refractivity contribution < 1.29 is 78.4 Å². The Morgan fingerprint density at radius 3 is 1.44 bits per heavy atom. The molecule has 2 aromatic rings. The first-order valence-corrected chi connectivity index (χ1v) is 16.3. The standard InChI is InChI=1S/C34H48O16/c1-14-24(36)26(38)28(40)33(47-14)49-31-20(42-3)8-16(9-21(31)43-4)7-18-13-46-30(19(18)12-35)17-10-22(44-5)32(23(11-17)45-6)50-34-29(41)27(39)25(37)15(2)48-34/h8-11,14-15,18-19,24-30,33-41H,7,12-13H2,1-6H3. The molecular formula is C34H48O16. The van der Waals surface area contributed by atoms with E-state index in [1.165, 1.54) is 28.4 Å². The largest absolute Gasteiger partial charge is 0.493 e. The number of hydrogen-bond donors (Lipinski definition) is 7. The summed E-state index contributed by atoms with van der Waals surface area (Å²) in [5.41, 5.74) is 1.41. The molecule has 13 atom stereocenters. The molecule has 0 radical (unpaired) electrons. The van der Waals surface area contributed by atoms with Gasteiger partial charge in [0.15, 0.2) is 23.0 Å². The zero-order chi connectivity index (χ0) is 36.4. The van der Waals surface area contributed by atoms with Crippen LogP contribution in [0.25, 0.3) is 0 Å². The van der Waals surface area contributed by atoms with Crippen LogP contribution in [-0.2, 0) is 20.6 Å². The van der Waals surface area contributed by atoms with Crippen molar-refractivity contribution in [2.24, 2.45) is 11.8 Å². The number of aliphatic hydroxyl groups is 7. The summed E-state index contributed by atoms with van der Waals surface area (Å²) in [5.74, 6) is 0.681. The van der Waals surface area contributed by atoms with Crippen molar-refractivity contribution in [2.75, 3.05) is 41.7 Å². The van der Waals surface area contributed by atoms with Gasteiger partial charge in [0.25, 0.3) is 0 Å². The van der Waals surface area contributed by atoms with E-state index in [4.69, 9.17) is 42.6 Å². The van der Waals surface area contributed by atoms with E-state index in [2.05, 4.69) is 0 Å². The lowest BCUT2D eigenvalue weighted by molar-refractivity contribution is -0.268. The fourth-order valence-electron chi connectivity index (χ4n) is 6.63. The lowest BCUT2D eigenvalue weighted by Gasteiger charge is -2.39. The van der Waals surface area contributed by atoms with Gasteiger partial charge in [-0.2, -0.15) is 0 Å². The fourth-order valence-corrected chi connectivity index (χ4v) is 6.63. The maximum absolute atomic E-state index is 10.6. The summed E-state index contributed by atoms with van der Waals surface area (Å²) in [5, 5.41) is 72.2. The van der Waals surface area contributed by atoms with Crippen molar-refractivity contribution in [3.05, 3.63) is 35.4 Å². The predicted molar refractivity (Wildman–Crippen MR) is 172 cm³/mol. The maximum Gasteiger partial charge on any atom is 0.229 e. The molecule has 0 aliphatic carbocycles. The Morgan fingerprint density at radius 1 is 0.620 bits per heavy atom. The third kappa shape index (κ3) is 7.41. The van der Waals surface area contributed by atoms with Crippen LogP contribution in [0.1, 0.15) is 31.1 Å². The molecule has 0 bridgehead atoms. The van der Waals surface area contributed by atoms with E-state index in [0.29, 0.717) is 18.6 Å². The zero-order valence-corrected chi connectivity index (χ0v) is 28.7. The summed E-state index contributed by atoms with van der Waals surface area (Å²) in [6, 6.07) is 6.82. The van der Waals surface area contributed by atoms with Gasteiger partial charge in [0.05, 0.1) is 53.4 Å². The Kier molecular flexibility index (Phi) is 12.2. The highest BCUT2D eigenvalue weighted by molar-refractivity contribution is 5.55. The molecule has 16 heteroatoms. The molecule has 16 nitrogen and oxygen atoms in total. The van der Waals surface area contributed by atoms with Gasteiger partial charge in [0.1, 0.15) is 36.6 Å². The van der Waals surface area contributed by atoms with E-state index in [1.807, 2.05) is 0 Å². The molecule has 3 heterocycles. The van der Waals surface area contributed by atoms with Gasteiger partial charge in [-0.25, -0.2) is 0 Å². The summed E-state index contributed by atoms with van der Waals surface area (Å²) in [6.45, 7) is 3.18. The second-order valence-electron chi connectivity index (χ2n) is 12.7. The normalized spacial score (nSPS) is 35.7. The van der Waals surface area contributed by atoms with E-state index in [9.17, 15) is 35.7 Å². The molecule has 0 spiro atoms. The highest BCUT2D eigenvalue weighted by atomic mass is 16.7. The summed E-state index contributed by atoms with van der Waals surface area (Å²) in [6.07, 6.45) is -13.1. The highest BCUT2D eigenvalue weighted by Gasteiger charge is 2.45. The number of benzene rings is 2. The summed E-state index contributed by atoms with van der Waals surface area (Å²) in [7, 11) is 5.73. The topological polar surface area (TPSA) is 225 Å². The zero-order valence-electron chi connectivity index (χ0n) is 28.7. The van der Waals surface area contributed by atoms with Crippen LogP contribution in [-0.4, -0.2) is 139 Å². The Bertz CT molecular complexity index is 1390. The number of rotatable bonds is 12. The van der Waals surface area contributed by atoms with E-state index in [-0.39, 0.29) is 52.9 Å². The second kappa shape index (κ2) is 16.0. The monoisotopic (exact) mass is 712 g/mol. The molecule has 0 amide bonds. The van der Waals surface area contributed by atoms with E-state index >= 15 is 0 Å². The lowest BCUT2D eigenvalue weighted by atomic mass is 9.84. The molecule has 3 fully saturated rings. The molecule has 280 valence electrons. The molecule has 3 aliphatic rings. The van der Waals surface area contributed by atoms with E-state index < -0.39 is 67.5 Å². The summed E-state index contributed by atoms with van der Waals surface area (Å²) < 4.78 is 51.7. The van der Waals surface area contributed by atoms with Crippen LogP contribution < -0.4 is 28.4 Å². The smallest absolute Gasteiger partial charge is 0.229 e. The Hall–Kier alpha value is -3.16. The minimum atomic E-state index is -1.55. The Labute approximate surface area is 289 Å². The first-order valence-electron chi connectivity index (χ1n) is 16.3. The predicted octanol–water partition coefficient (Wildman–Crippen LogP) is -0.328. The third-order valence-corrected chi connectivity index (χ3v) is 9.61. The molecule has 7 N–H and O–H groups in total. The first-order chi connectivity index (χ1) is 23.9. The van der Waals surface area contributed by atoms with Crippen molar-refractivity contribution in [2.45, 2.75) is 87.8 Å². The van der Waals surface area contributed by atoms with Crippen molar-refractivity contribution in [1.29, 1.82) is 0 Å². The fraction of sp³-hybridized carbons (Fsp3) is 0.647. The molecule has 2 aromatic carbocycles. The molecular weight excluding hydrogens is 664 g/mol. The average Bonchev–Trinajstić information content (AvgIpc) is 3.53. The molecule has 0 saturated carbocycles. The van der Waals surface area contributed by atoms with Crippen molar-refractivity contribution in [3.8, 4) is 34.5 Å². The van der Waals surface area contributed by atoms with Crippen LogP contribution in [0.15, 0.2) is 24.3 Å². The van der Waals surface area contributed by atoms with E-state index in [0.717, 1.165) is 5.56 Å². The molecule has 0 aromatic heterocycles. The minimum absolute atomic E-state index is 0.0986. The van der Waals surface area contributed by atoms with Gasteiger partial charge in [-0.1, -0.05) is 0 Å². The summed E-state index contributed by atoms with van der Waals surface area (Å²) >= 11 is 0. The van der Waals surface area contributed by atoms with Crippen molar-refractivity contribution >= 4 is 0 Å². The first kappa shape index (κ1) is 38.1. The highest BCUT2D eigenvalue weighted by Crippen LogP contribution is 2.48. The maximum atomic E-state index is 10.6.